The first kappa shape index (κ1) is 12.9. The number of carbonyl (C=O) groups is 2. The highest BCUT2D eigenvalue weighted by Crippen LogP contribution is 2.21. The molecule has 0 spiro atoms. The second-order valence-corrected chi connectivity index (χ2v) is 3.96. The second kappa shape index (κ2) is 5.43. The number of carboxylic acids is 1. The zero-order valence-corrected chi connectivity index (χ0v) is 9.91. The van der Waals surface area contributed by atoms with Crippen LogP contribution in [-0.4, -0.2) is 27.1 Å². The van der Waals surface area contributed by atoms with Crippen molar-refractivity contribution in [1.29, 1.82) is 0 Å². The van der Waals surface area contributed by atoms with Gasteiger partial charge in [0.05, 0.1) is 18.5 Å². The standard InChI is InChI=1S/C13H11FN2O3/c14-11-3-1-9(2-4-11)13-10(8-17)7-16(15-13)6-5-12(18)19/h1-4,7-8H,5-6H2,(H,18,19). The Bertz CT molecular complexity index is 605. The van der Waals surface area contributed by atoms with E-state index in [1.807, 2.05) is 0 Å². The lowest BCUT2D eigenvalue weighted by Crippen LogP contribution is -2.04. The van der Waals surface area contributed by atoms with Crippen LogP contribution in [0.4, 0.5) is 4.39 Å². The van der Waals surface area contributed by atoms with Crippen molar-refractivity contribution in [2.75, 3.05) is 0 Å². The summed E-state index contributed by atoms with van der Waals surface area (Å²) in [6, 6.07) is 5.60. The third-order valence-corrected chi connectivity index (χ3v) is 2.59. The third-order valence-electron chi connectivity index (χ3n) is 2.59. The van der Waals surface area contributed by atoms with E-state index in [9.17, 15) is 14.0 Å². The summed E-state index contributed by atoms with van der Waals surface area (Å²) in [4.78, 5) is 21.5. The number of carboxylic acid groups (broad SMARTS) is 1. The fourth-order valence-corrected chi connectivity index (χ4v) is 1.68. The van der Waals surface area contributed by atoms with Gasteiger partial charge in [0.1, 0.15) is 11.5 Å². The maximum atomic E-state index is 12.8. The molecule has 0 saturated heterocycles. The molecule has 1 aromatic heterocycles. The minimum Gasteiger partial charge on any atom is -0.481 e. The molecule has 5 nitrogen and oxygen atoms in total. The van der Waals surface area contributed by atoms with Crippen molar-refractivity contribution in [3.8, 4) is 11.3 Å². The van der Waals surface area contributed by atoms with Gasteiger partial charge in [0, 0.05) is 11.8 Å². The summed E-state index contributed by atoms with van der Waals surface area (Å²) in [5.74, 6) is -1.31. The van der Waals surface area contributed by atoms with Gasteiger partial charge in [-0.15, -0.1) is 0 Å². The van der Waals surface area contributed by atoms with Gasteiger partial charge >= 0.3 is 5.97 Å². The molecule has 19 heavy (non-hydrogen) atoms. The fourth-order valence-electron chi connectivity index (χ4n) is 1.68. The van der Waals surface area contributed by atoms with Crippen molar-refractivity contribution >= 4 is 12.3 Å². The molecule has 0 amide bonds. The summed E-state index contributed by atoms with van der Waals surface area (Å²) in [5, 5.41) is 12.8. The topological polar surface area (TPSA) is 72.2 Å². The molecule has 0 bridgehead atoms. The van der Waals surface area contributed by atoms with Crippen LogP contribution in [0.3, 0.4) is 0 Å². The van der Waals surface area contributed by atoms with Gasteiger partial charge in [-0.2, -0.15) is 5.10 Å². The van der Waals surface area contributed by atoms with Crippen LogP contribution in [-0.2, 0) is 11.3 Å². The van der Waals surface area contributed by atoms with Gasteiger partial charge in [-0.1, -0.05) is 0 Å². The van der Waals surface area contributed by atoms with E-state index in [-0.39, 0.29) is 18.8 Å². The summed E-state index contributed by atoms with van der Waals surface area (Å²) in [6.45, 7) is 0.178. The number of aromatic nitrogens is 2. The number of benzene rings is 1. The minimum absolute atomic E-state index is 0.0805. The Morgan fingerprint density at radius 1 is 1.37 bits per heavy atom. The van der Waals surface area contributed by atoms with E-state index in [0.29, 0.717) is 23.1 Å². The quantitative estimate of drug-likeness (QED) is 0.836. The lowest BCUT2D eigenvalue weighted by atomic mass is 10.1. The van der Waals surface area contributed by atoms with Crippen molar-refractivity contribution in [1.82, 2.24) is 9.78 Å². The molecule has 0 atom stereocenters. The zero-order chi connectivity index (χ0) is 13.8. The number of hydrogen-bond donors (Lipinski definition) is 1. The average molecular weight is 262 g/mol. The van der Waals surface area contributed by atoms with Gasteiger partial charge < -0.3 is 5.11 Å². The lowest BCUT2D eigenvalue weighted by Gasteiger charge is -1.98. The molecular weight excluding hydrogens is 251 g/mol. The SMILES string of the molecule is O=Cc1cn(CCC(=O)O)nc1-c1ccc(F)cc1. The molecule has 2 rings (SSSR count). The Morgan fingerprint density at radius 2 is 2.05 bits per heavy atom. The summed E-state index contributed by atoms with van der Waals surface area (Å²) in [7, 11) is 0. The van der Waals surface area contributed by atoms with Crippen LogP contribution < -0.4 is 0 Å². The number of hydrogen-bond acceptors (Lipinski definition) is 3. The van der Waals surface area contributed by atoms with E-state index in [4.69, 9.17) is 5.11 Å². The van der Waals surface area contributed by atoms with Crippen LogP contribution in [0.25, 0.3) is 11.3 Å². The van der Waals surface area contributed by atoms with Crippen LogP contribution in [0.15, 0.2) is 30.5 Å². The van der Waals surface area contributed by atoms with Crippen molar-refractivity contribution < 1.29 is 19.1 Å². The number of aryl methyl sites for hydroxylation is 1. The largest absolute Gasteiger partial charge is 0.481 e. The Labute approximate surface area is 108 Å². The smallest absolute Gasteiger partial charge is 0.305 e. The summed E-state index contributed by atoms with van der Waals surface area (Å²) < 4.78 is 14.2. The Morgan fingerprint density at radius 3 is 2.63 bits per heavy atom. The predicted molar refractivity (Wildman–Crippen MR) is 65.3 cm³/mol. The number of aliphatic carboxylic acids is 1. The van der Waals surface area contributed by atoms with Crippen LogP contribution in [0.1, 0.15) is 16.8 Å². The monoisotopic (exact) mass is 262 g/mol. The molecule has 1 N–H and O–H groups in total. The Hall–Kier alpha value is -2.50. The van der Waals surface area contributed by atoms with Crippen molar-refractivity contribution in [3.63, 3.8) is 0 Å². The second-order valence-electron chi connectivity index (χ2n) is 3.96. The first-order valence-corrected chi connectivity index (χ1v) is 5.60. The predicted octanol–water partition coefficient (Wildman–Crippen LogP) is 1.98. The van der Waals surface area contributed by atoms with Gasteiger partial charge in [-0.25, -0.2) is 4.39 Å². The van der Waals surface area contributed by atoms with Gasteiger partial charge in [0.15, 0.2) is 6.29 Å². The van der Waals surface area contributed by atoms with Gasteiger partial charge in [0.25, 0.3) is 0 Å². The molecule has 0 aliphatic heterocycles. The molecule has 6 heteroatoms. The number of aldehydes is 1. The molecule has 0 aliphatic rings. The van der Waals surface area contributed by atoms with E-state index in [2.05, 4.69) is 5.10 Å². The molecule has 0 fully saturated rings. The lowest BCUT2D eigenvalue weighted by molar-refractivity contribution is -0.137. The Kier molecular flexibility index (Phi) is 3.70. The number of rotatable bonds is 5. The molecule has 0 saturated carbocycles. The van der Waals surface area contributed by atoms with E-state index in [1.54, 1.807) is 0 Å². The molecule has 98 valence electrons. The number of carbonyl (C=O) groups excluding carboxylic acids is 1. The summed E-state index contributed by atoms with van der Waals surface area (Å²) in [5.41, 5.74) is 1.37. The number of halogens is 1. The van der Waals surface area contributed by atoms with E-state index in [0.717, 1.165) is 0 Å². The first-order valence-electron chi connectivity index (χ1n) is 5.60. The molecule has 0 radical (unpaired) electrons. The van der Waals surface area contributed by atoms with Gasteiger partial charge in [-0.3, -0.25) is 14.3 Å². The van der Waals surface area contributed by atoms with Gasteiger partial charge in [-0.05, 0) is 24.3 Å². The molecule has 0 aliphatic carbocycles. The summed E-state index contributed by atoms with van der Waals surface area (Å²) in [6.07, 6.45) is 2.04. The average Bonchev–Trinajstić information content (AvgIpc) is 2.80. The fraction of sp³-hybridized carbons (Fsp3) is 0.154. The Balaban J connectivity index is 2.31. The zero-order valence-electron chi connectivity index (χ0n) is 9.91. The van der Waals surface area contributed by atoms with Gasteiger partial charge in [0.2, 0.25) is 0 Å². The minimum atomic E-state index is -0.938. The highest BCUT2D eigenvalue weighted by atomic mass is 19.1. The molecule has 1 heterocycles. The van der Waals surface area contributed by atoms with Crippen molar-refractivity contribution in [3.05, 3.63) is 41.8 Å². The molecular formula is C13H11FN2O3. The van der Waals surface area contributed by atoms with Crippen LogP contribution >= 0.6 is 0 Å². The highest BCUT2D eigenvalue weighted by molar-refractivity contribution is 5.85. The maximum Gasteiger partial charge on any atom is 0.305 e. The molecule has 2 aromatic rings. The first-order chi connectivity index (χ1) is 9.10. The molecule has 0 unspecified atom stereocenters. The van der Waals surface area contributed by atoms with Crippen LogP contribution in [0, 0.1) is 5.82 Å². The normalized spacial score (nSPS) is 10.4. The van der Waals surface area contributed by atoms with Crippen LogP contribution in [0.5, 0.6) is 0 Å². The summed E-state index contributed by atoms with van der Waals surface area (Å²) >= 11 is 0. The van der Waals surface area contributed by atoms with Crippen molar-refractivity contribution in [2.45, 2.75) is 13.0 Å². The maximum absolute atomic E-state index is 12.8. The van der Waals surface area contributed by atoms with E-state index >= 15 is 0 Å². The van der Waals surface area contributed by atoms with Crippen molar-refractivity contribution in [2.24, 2.45) is 0 Å². The van der Waals surface area contributed by atoms with E-state index < -0.39 is 5.97 Å². The van der Waals surface area contributed by atoms with Crippen LogP contribution in [0.2, 0.25) is 0 Å². The highest BCUT2D eigenvalue weighted by Gasteiger charge is 2.11. The molecule has 1 aromatic carbocycles. The van der Waals surface area contributed by atoms with E-state index in [1.165, 1.54) is 35.1 Å². The number of nitrogens with zero attached hydrogens (tertiary/aromatic N) is 2. The third kappa shape index (κ3) is 3.04.